The molecule has 0 aliphatic carbocycles. The Morgan fingerprint density at radius 3 is 2.58 bits per heavy atom. The van der Waals surface area contributed by atoms with Gasteiger partial charge in [0.1, 0.15) is 5.75 Å². The van der Waals surface area contributed by atoms with Crippen LogP contribution in [0.4, 0.5) is 0 Å². The van der Waals surface area contributed by atoms with E-state index in [9.17, 15) is 5.11 Å². The lowest BCUT2D eigenvalue weighted by molar-refractivity contribution is 0.176. The molecule has 0 saturated heterocycles. The minimum atomic E-state index is -0.571. The molecule has 0 aliphatic rings. The molecule has 1 N–H and O–H groups in total. The largest absolute Gasteiger partial charge is 0.496 e. The second-order valence-corrected chi connectivity index (χ2v) is 5.97. The minimum absolute atomic E-state index is 0.505. The molecule has 0 saturated carbocycles. The van der Waals surface area contributed by atoms with Crippen molar-refractivity contribution in [3.8, 4) is 5.75 Å². The van der Waals surface area contributed by atoms with Crippen molar-refractivity contribution in [3.63, 3.8) is 0 Å². The van der Waals surface area contributed by atoms with Crippen LogP contribution >= 0.6 is 31.9 Å². The second-order valence-electron chi connectivity index (χ2n) is 4.20. The van der Waals surface area contributed by atoms with Gasteiger partial charge in [-0.05, 0) is 35.4 Å². The molecule has 0 fully saturated rings. The summed E-state index contributed by atoms with van der Waals surface area (Å²) in [6, 6.07) is 13.5. The van der Waals surface area contributed by atoms with Gasteiger partial charge in [-0.25, -0.2) is 0 Å². The van der Waals surface area contributed by atoms with Gasteiger partial charge in [-0.3, -0.25) is 0 Å². The Balaban J connectivity index is 2.26. The quantitative estimate of drug-likeness (QED) is 0.839. The van der Waals surface area contributed by atoms with E-state index in [0.717, 1.165) is 25.8 Å². The molecule has 0 aliphatic heterocycles. The van der Waals surface area contributed by atoms with Gasteiger partial charge in [-0.1, -0.05) is 50.1 Å². The lowest BCUT2D eigenvalue weighted by Crippen LogP contribution is -2.04. The second kappa shape index (κ2) is 6.55. The maximum Gasteiger partial charge on any atom is 0.122 e. The molecule has 0 radical (unpaired) electrons. The Kier molecular flexibility index (Phi) is 5.02. The lowest BCUT2D eigenvalue weighted by Gasteiger charge is -2.15. The molecule has 0 aromatic heterocycles. The van der Waals surface area contributed by atoms with Crippen molar-refractivity contribution in [2.75, 3.05) is 7.11 Å². The number of aliphatic hydroxyl groups is 1. The zero-order chi connectivity index (χ0) is 13.8. The number of aliphatic hydroxyl groups excluding tert-OH is 1. The van der Waals surface area contributed by atoms with E-state index in [-0.39, 0.29) is 0 Å². The van der Waals surface area contributed by atoms with Crippen LogP contribution in [0.15, 0.2) is 51.4 Å². The molecule has 4 heteroatoms. The average Bonchev–Trinajstić information content (AvgIpc) is 2.39. The number of rotatable bonds is 4. The molecule has 0 amide bonds. The fourth-order valence-electron chi connectivity index (χ4n) is 1.97. The molecule has 2 aromatic rings. The number of hydrogen-bond donors (Lipinski definition) is 1. The Hall–Kier alpha value is -0.840. The van der Waals surface area contributed by atoms with Crippen LogP contribution in [0.25, 0.3) is 0 Å². The monoisotopic (exact) mass is 384 g/mol. The average molecular weight is 386 g/mol. The van der Waals surface area contributed by atoms with Crippen molar-refractivity contribution in [3.05, 3.63) is 62.5 Å². The van der Waals surface area contributed by atoms with E-state index >= 15 is 0 Å². The summed E-state index contributed by atoms with van der Waals surface area (Å²) in [5.41, 5.74) is 1.85. The van der Waals surface area contributed by atoms with E-state index in [1.54, 1.807) is 7.11 Å². The van der Waals surface area contributed by atoms with Crippen molar-refractivity contribution in [2.24, 2.45) is 0 Å². The lowest BCUT2D eigenvalue weighted by atomic mass is 10.0. The molecule has 1 unspecified atom stereocenters. The first-order chi connectivity index (χ1) is 9.11. The standard InChI is InChI=1S/C15H14Br2O2/c1-19-15-7-6-11(16)8-10(15)9-14(18)12-4-2-3-5-13(12)17/h2-8,14,18H,9H2,1H3. The SMILES string of the molecule is COc1ccc(Br)cc1CC(O)c1ccccc1Br. The Bertz CT molecular complexity index is 570. The topological polar surface area (TPSA) is 29.5 Å². The molecule has 0 spiro atoms. The van der Waals surface area contributed by atoms with Gasteiger partial charge in [0.05, 0.1) is 13.2 Å². The Labute approximate surface area is 129 Å². The molecule has 0 heterocycles. The molecule has 2 nitrogen and oxygen atoms in total. The number of hydrogen-bond acceptors (Lipinski definition) is 2. The maximum absolute atomic E-state index is 10.4. The van der Waals surface area contributed by atoms with Crippen LogP contribution in [0.2, 0.25) is 0 Å². The third-order valence-corrected chi connectivity index (χ3v) is 4.14. The summed E-state index contributed by atoms with van der Waals surface area (Å²) in [7, 11) is 1.64. The van der Waals surface area contributed by atoms with E-state index in [0.29, 0.717) is 6.42 Å². The normalized spacial score (nSPS) is 12.2. The van der Waals surface area contributed by atoms with Crippen LogP contribution in [0.1, 0.15) is 17.2 Å². The Morgan fingerprint density at radius 1 is 1.16 bits per heavy atom. The van der Waals surface area contributed by atoms with Gasteiger partial charge in [-0.2, -0.15) is 0 Å². The van der Waals surface area contributed by atoms with Crippen LogP contribution in [0.5, 0.6) is 5.75 Å². The zero-order valence-electron chi connectivity index (χ0n) is 10.4. The summed E-state index contributed by atoms with van der Waals surface area (Å²) in [4.78, 5) is 0. The zero-order valence-corrected chi connectivity index (χ0v) is 13.6. The fourth-order valence-corrected chi connectivity index (χ4v) is 2.93. The first-order valence-electron chi connectivity index (χ1n) is 5.86. The number of methoxy groups -OCH3 is 1. The predicted octanol–water partition coefficient (Wildman–Crippen LogP) is 4.50. The minimum Gasteiger partial charge on any atom is -0.496 e. The van der Waals surface area contributed by atoms with Gasteiger partial charge >= 0.3 is 0 Å². The smallest absolute Gasteiger partial charge is 0.122 e. The van der Waals surface area contributed by atoms with Crippen molar-refractivity contribution in [2.45, 2.75) is 12.5 Å². The highest BCUT2D eigenvalue weighted by Crippen LogP contribution is 2.30. The summed E-state index contributed by atoms with van der Waals surface area (Å²) in [5, 5.41) is 10.4. The number of benzene rings is 2. The molecule has 19 heavy (non-hydrogen) atoms. The molecular formula is C15H14Br2O2. The van der Waals surface area contributed by atoms with Crippen LogP contribution in [-0.4, -0.2) is 12.2 Å². The van der Waals surface area contributed by atoms with Gasteiger partial charge < -0.3 is 9.84 Å². The first kappa shape index (κ1) is 14.6. The summed E-state index contributed by atoms with van der Waals surface area (Å²) in [5.74, 6) is 0.786. The van der Waals surface area contributed by atoms with E-state index < -0.39 is 6.10 Å². The number of ether oxygens (including phenoxy) is 1. The molecule has 2 aromatic carbocycles. The maximum atomic E-state index is 10.4. The molecule has 1 atom stereocenters. The third-order valence-electron chi connectivity index (χ3n) is 2.92. The summed E-state index contributed by atoms with van der Waals surface area (Å²) in [6.07, 6.45) is -0.0654. The van der Waals surface area contributed by atoms with Gasteiger partial charge in [-0.15, -0.1) is 0 Å². The van der Waals surface area contributed by atoms with Crippen LogP contribution in [0, 0.1) is 0 Å². The van der Waals surface area contributed by atoms with Crippen molar-refractivity contribution in [1.29, 1.82) is 0 Å². The van der Waals surface area contributed by atoms with Gasteiger partial charge in [0.25, 0.3) is 0 Å². The fraction of sp³-hybridized carbons (Fsp3) is 0.200. The van der Waals surface area contributed by atoms with E-state index in [2.05, 4.69) is 31.9 Å². The highest BCUT2D eigenvalue weighted by molar-refractivity contribution is 9.10. The predicted molar refractivity (Wildman–Crippen MR) is 83.5 cm³/mol. The molecule has 0 bridgehead atoms. The van der Waals surface area contributed by atoms with Gasteiger partial charge in [0.2, 0.25) is 0 Å². The van der Waals surface area contributed by atoms with E-state index in [4.69, 9.17) is 4.74 Å². The molecule has 100 valence electrons. The molecule has 2 rings (SSSR count). The van der Waals surface area contributed by atoms with E-state index in [1.807, 2.05) is 42.5 Å². The van der Waals surface area contributed by atoms with Crippen LogP contribution in [0.3, 0.4) is 0 Å². The molecular weight excluding hydrogens is 372 g/mol. The van der Waals surface area contributed by atoms with E-state index in [1.165, 1.54) is 0 Å². The highest BCUT2D eigenvalue weighted by atomic mass is 79.9. The highest BCUT2D eigenvalue weighted by Gasteiger charge is 2.14. The van der Waals surface area contributed by atoms with Crippen LogP contribution in [-0.2, 0) is 6.42 Å². The van der Waals surface area contributed by atoms with Crippen LogP contribution < -0.4 is 4.74 Å². The van der Waals surface area contributed by atoms with Gasteiger partial charge in [0, 0.05) is 15.4 Å². The first-order valence-corrected chi connectivity index (χ1v) is 7.45. The third kappa shape index (κ3) is 3.59. The summed E-state index contributed by atoms with van der Waals surface area (Å²) >= 11 is 6.90. The Morgan fingerprint density at radius 2 is 1.89 bits per heavy atom. The van der Waals surface area contributed by atoms with Crippen molar-refractivity contribution < 1.29 is 9.84 Å². The van der Waals surface area contributed by atoms with Gasteiger partial charge in [0.15, 0.2) is 0 Å². The number of halogens is 2. The van der Waals surface area contributed by atoms with Crippen molar-refractivity contribution >= 4 is 31.9 Å². The summed E-state index contributed by atoms with van der Waals surface area (Å²) < 4.78 is 7.21. The van der Waals surface area contributed by atoms with Crippen molar-refractivity contribution in [1.82, 2.24) is 0 Å². The summed E-state index contributed by atoms with van der Waals surface area (Å²) in [6.45, 7) is 0.